The summed E-state index contributed by atoms with van der Waals surface area (Å²) in [5.74, 6) is -4.97. The van der Waals surface area contributed by atoms with Gasteiger partial charge in [-0.05, 0) is 144 Å². The Hall–Kier alpha value is -6.93. The molecule has 9 heterocycles. The van der Waals surface area contributed by atoms with Crippen LogP contribution in [0, 0.1) is 62.9 Å². The summed E-state index contributed by atoms with van der Waals surface area (Å²) < 4.78 is 130. The van der Waals surface area contributed by atoms with Gasteiger partial charge < -0.3 is 37.3 Å². The van der Waals surface area contributed by atoms with E-state index in [4.69, 9.17) is 18.6 Å². The Morgan fingerprint density at radius 2 is 0.864 bits per heavy atom. The topological polar surface area (TPSA) is 172 Å². The second-order valence-corrected chi connectivity index (χ2v) is 25.3. The first kappa shape index (κ1) is 62.7. The van der Waals surface area contributed by atoms with Crippen LogP contribution in [0.1, 0.15) is 123 Å². The van der Waals surface area contributed by atoms with Crippen molar-refractivity contribution in [1.29, 1.82) is 0 Å². The molecule has 0 aliphatic heterocycles. The van der Waals surface area contributed by atoms with E-state index in [-0.39, 0.29) is 61.8 Å². The van der Waals surface area contributed by atoms with E-state index in [1.807, 2.05) is 70.6 Å². The number of aryl methyl sites for hydroxylation is 6. The van der Waals surface area contributed by atoms with Crippen molar-refractivity contribution in [3.63, 3.8) is 0 Å². The molecular weight excluding hydrogens is 1260 g/mol. The summed E-state index contributed by atoms with van der Waals surface area (Å²) in [7, 11) is -1.66. The number of halogens is 9. The summed E-state index contributed by atoms with van der Waals surface area (Å²) in [4.78, 5) is 13.8. The highest BCUT2D eigenvalue weighted by Gasteiger charge is 2.38. The first-order chi connectivity index (χ1) is 41.8. The standard InChI is InChI=1S/C26H25F4N3O.C19H22BF2N3O3.C19H20F2IN3O/c1-15-23(16(2)34-32-15)20-11-22-24(31-12-20)21(18-3-5-19(6-4-18)25(27)28)14-33(22)13-17-7-9-26(29,30)10-8-17;1-11-17(12(2)28-24-11)14-7-16-18(23-8-14)15(20(26)27)10-25(16)9-13-3-5-19(21,22)6-4-13;1-11-17(12(2)26-24-11)14-7-16-18(23-8-14)15(22)10-25(16)9-13-3-5-19(20,21)6-4-13/h3-6,11-12,14,17,25H,7-10,13H2,1-2H3;7-8,10,13,26-27H,3-6,9H2,1-2H3;7-8,10,13H,3-6,9H2,1-2H3. The zero-order valence-corrected chi connectivity index (χ0v) is 51.7. The number of pyridine rings is 3. The summed E-state index contributed by atoms with van der Waals surface area (Å²) in [6.45, 7) is 13.1. The normalized spacial score (nSPS) is 17.2. The Morgan fingerprint density at radius 3 is 1.24 bits per heavy atom. The van der Waals surface area contributed by atoms with Crippen LogP contribution < -0.4 is 5.46 Å². The maximum Gasteiger partial charge on any atom is 0.492 e. The number of benzene rings is 1. The van der Waals surface area contributed by atoms with E-state index in [1.165, 1.54) is 12.1 Å². The van der Waals surface area contributed by atoms with Crippen LogP contribution in [0.15, 0.2) is 93.2 Å². The highest BCUT2D eigenvalue weighted by molar-refractivity contribution is 14.1. The highest BCUT2D eigenvalue weighted by atomic mass is 127. The minimum Gasteiger partial charge on any atom is -0.423 e. The molecule has 0 atom stereocenters. The van der Waals surface area contributed by atoms with E-state index >= 15 is 0 Å². The van der Waals surface area contributed by atoms with E-state index in [0.29, 0.717) is 74.1 Å². The molecule has 3 fully saturated rings. The zero-order valence-electron chi connectivity index (χ0n) is 49.5. The molecule has 0 saturated heterocycles. The molecule has 13 rings (SSSR count). The number of nitrogens with zero attached hydrogens (tertiary/aromatic N) is 9. The van der Waals surface area contributed by atoms with Crippen LogP contribution in [0.2, 0.25) is 0 Å². The van der Waals surface area contributed by atoms with Crippen molar-refractivity contribution in [2.75, 3.05) is 0 Å². The molecule has 24 heteroatoms. The number of hydrogen-bond donors (Lipinski definition) is 2. The van der Waals surface area contributed by atoms with Gasteiger partial charge in [-0.2, -0.15) is 0 Å². The van der Waals surface area contributed by atoms with Gasteiger partial charge in [0.05, 0.1) is 48.2 Å². The van der Waals surface area contributed by atoms with Crippen molar-refractivity contribution in [3.05, 3.63) is 123 Å². The Morgan fingerprint density at radius 1 is 0.511 bits per heavy atom. The Bertz CT molecular complexity index is 4040. The third-order valence-corrected chi connectivity index (χ3v) is 18.5. The molecule has 0 spiro atoms. The zero-order chi connectivity index (χ0) is 62.6. The van der Waals surface area contributed by atoms with Crippen molar-refractivity contribution in [3.8, 4) is 44.5 Å². The molecule has 3 saturated carbocycles. The number of rotatable bonds is 12. The van der Waals surface area contributed by atoms with Crippen LogP contribution in [0.5, 0.6) is 0 Å². The van der Waals surface area contributed by atoms with Crippen molar-refractivity contribution in [2.45, 2.75) is 162 Å². The van der Waals surface area contributed by atoms with E-state index in [0.717, 1.165) is 105 Å². The summed E-state index contributed by atoms with van der Waals surface area (Å²) in [6, 6.07) is 12.2. The van der Waals surface area contributed by atoms with E-state index in [1.54, 1.807) is 30.7 Å². The minimum atomic E-state index is -2.58. The molecule has 0 bridgehead atoms. The maximum atomic E-state index is 13.7. The van der Waals surface area contributed by atoms with Crippen LogP contribution >= 0.6 is 22.6 Å². The third kappa shape index (κ3) is 13.5. The number of alkyl halides is 8. The fraction of sp³-hybridized carbons (Fsp3) is 0.438. The van der Waals surface area contributed by atoms with Crippen LogP contribution in [-0.4, -0.2) is 79.1 Å². The summed E-state index contributed by atoms with van der Waals surface area (Å²) in [5.41, 5.74) is 14.4. The SMILES string of the molecule is Cc1noc(C)c1-c1cnc2c(-c3ccc(C(F)F)cc3)cn(CC3CCC(F)(F)CC3)c2c1.Cc1noc(C)c1-c1cnc2c(B(O)O)cn(CC3CCC(F)(F)CC3)c2c1.Cc1noc(C)c1-c1cnc2c(I)cn(CC3CCC(F)(F)CC3)c2c1. The molecule has 14 nitrogen and oxygen atoms in total. The molecule has 0 amide bonds. The molecule has 2 N–H and O–H groups in total. The predicted molar refractivity (Wildman–Crippen MR) is 328 cm³/mol. The first-order valence-corrected chi connectivity index (χ1v) is 30.7. The van der Waals surface area contributed by atoms with E-state index in [2.05, 4.69) is 69.4 Å². The molecule has 3 aliphatic rings. The van der Waals surface area contributed by atoms with Gasteiger partial charge >= 0.3 is 7.12 Å². The second-order valence-electron chi connectivity index (χ2n) is 24.1. The number of fused-ring (bicyclic) bond motifs is 3. The maximum absolute atomic E-state index is 13.7. The summed E-state index contributed by atoms with van der Waals surface area (Å²) in [6.07, 6.45) is 11.0. The van der Waals surface area contributed by atoms with Gasteiger partial charge in [0.25, 0.3) is 6.43 Å². The predicted octanol–water partition coefficient (Wildman–Crippen LogP) is 16.3. The molecule has 9 aromatic heterocycles. The average molecular weight is 1330 g/mol. The molecule has 10 aromatic rings. The molecule has 464 valence electrons. The van der Waals surface area contributed by atoms with Gasteiger partial charge in [-0.1, -0.05) is 39.7 Å². The fourth-order valence-corrected chi connectivity index (χ4v) is 13.7. The molecule has 88 heavy (non-hydrogen) atoms. The van der Waals surface area contributed by atoms with Crippen LogP contribution in [0.25, 0.3) is 77.6 Å². The Labute approximate surface area is 516 Å². The lowest BCUT2D eigenvalue weighted by molar-refractivity contribution is -0.0477. The lowest BCUT2D eigenvalue weighted by Crippen LogP contribution is -2.30. The third-order valence-electron chi connectivity index (χ3n) is 17.7. The molecule has 0 radical (unpaired) electrons. The lowest BCUT2D eigenvalue weighted by atomic mass is 9.81. The minimum absolute atomic E-state index is 0.00343. The van der Waals surface area contributed by atoms with Gasteiger partial charge in [0.15, 0.2) is 0 Å². The highest BCUT2D eigenvalue weighted by Crippen LogP contribution is 2.42. The average Bonchev–Trinajstić information content (AvgIpc) is 1.77. The smallest absolute Gasteiger partial charge is 0.423 e. The largest absolute Gasteiger partial charge is 0.492 e. The van der Waals surface area contributed by atoms with E-state index < -0.39 is 31.3 Å². The molecule has 1 aromatic carbocycles. The summed E-state index contributed by atoms with van der Waals surface area (Å²) >= 11 is 2.28. The Kier molecular flexibility index (Phi) is 17.9. The van der Waals surface area contributed by atoms with Crippen LogP contribution in [0.3, 0.4) is 0 Å². The van der Waals surface area contributed by atoms with Gasteiger partial charge in [0, 0.05) is 145 Å². The number of aromatic nitrogens is 9. The van der Waals surface area contributed by atoms with Crippen molar-refractivity contribution in [2.24, 2.45) is 17.8 Å². The monoisotopic (exact) mass is 1330 g/mol. The summed E-state index contributed by atoms with van der Waals surface area (Å²) in [5, 5.41) is 31.5. The quantitative estimate of drug-likeness (QED) is 0.0677. The second kappa shape index (κ2) is 25.2. The fourth-order valence-electron chi connectivity index (χ4n) is 12.9. The van der Waals surface area contributed by atoms with Crippen LogP contribution in [0.4, 0.5) is 35.1 Å². The lowest BCUT2D eigenvalue weighted by Gasteiger charge is -2.28. The van der Waals surface area contributed by atoms with Crippen LogP contribution in [-0.2, 0) is 19.6 Å². The molecular formula is C64H67BF8IN9O5. The van der Waals surface area contributed by atoms with Gasteiger partial charge in [0.1, 0.15) is 22.8 Å². The van der Waals surface area contributed by atoms with Gasteiger partial charge in [-0.3, -0.25) is 15.0 Å². The number of hydrogen-bond acceptors (Lipinski definition) is 11. The van der Waals surface area contributed by atoms with Gasteiger partial charge in [-0.15, -0.1) is 0 Å². The first-order valence-electron chi connectivity index (χ1n) is 29.6. The van der Waals surface area contributed by atoms with E-state index in [9.17, 15) is 45.2 Å². The van der Waals surface area contributed by atoms with Crippen molar-refractivity contribution < 1.29 is 58.7 Å². The van der Waals surface area contributed by atoms with Crippen molar-refractivity contribution in [1.82, 2.24) is 44.1 Å². The van der Waals surface area contributed by atoms with Crippen molar-refractivity contribution >= 4 is 68.3 Å². The molecule has 3 aliphatic carbocycles. The Balaban J connectivity index is 0.000000138. The molecule has 0 unspecified atom stereocenters. The van der Waals surface area contributed by atoms with Gasteiger partial charge in [0.2, 0.25) is 17.8 Å². The van der Waals surface area contributed by atoms with Gasteiger partial charge in [-0.25, -0.2) is 35.1 Å².